The molecule has 0 heterocycles. The molecule has 0 atom stereocenters. The van der Waals surface area contributed by atoms with E-state index < -0.39 is 0 Å². The molecular formula is C16H10O2. The van der Waals surface area contributed by atoms with Crippen LogP contribution in [-0.4, -0.2) is 10.2 Å². The lowest BCUT2D eigenvalue weighted by Crippen LogP contribution is -1.84. The van der Waals surface area contributed by atoms with Crippen molar-refractivity contribution in [3.8, 4) is 11.5 Å². The fourth-order valence-electron chi connectivity index (χ4n) is 2.79. The van der Waals surface area contributed by atoms with E-state index >= 15 is 0 Å². The molecule has 0 fully saturated rings. The van der Waals surface area contributed by atoms with Gasteiger partial charge in [0.1, 0.15) is 11.5 Å². The third kappa shape index (κ3) is 1.02. The standard InChI is InChI=1S/C16H10O2/c17-13-7-6-12-14(18)8-10-3-1-2-9-4-5-11(13)16(12)15(9)10/h1-8,17-18H. The smallest absolute Gasteiger partial charge is 0.124 e. The minimum atomic E-state index is 0.250. The number of phenolic OH excluding ortho intramolecular Hbond substituents is 2. The summed E-state index contributed by atoms with van der Waals surface area (Å²) in [4.78, 5) is 0. The normalized spacial score (nSPS) is 11.8. The first-order chi connectivity index (χ1) is 8.75. The molecule has 0 aliphatic rings. The summed E-state index contributed by atoms with van der Waals surface area (Å²) in [5, 5.41) is 25.8. The zero-order valence-corrected chi connectivity index (χ0v) is 9.51. The van der Waals surface area contributed by atoms with Gasteiger partial charge in [0.25, 0.3) is 0 Å². The summed E-state index contributed by atoms with van der Waals surface area (Å²) in [6.07, 6.45) is 0. The van der Waals surface area contributed by atoms with Gasteiger partial charge >= 0.3 is 0 Å². The lowest BCUT2D eigenvalue weighted by atomic mass is 9.93. The Morgan fingerprint density at radius 1 is 0.611 bits per heavy atom. The summed E-state index contributed by atoms with van der Waals surface area (Å²) in [6, 6.07) is 15.1. The van der Waals surface area contributed by atoms with Gasteiger partial charge in [0.05, 0.1) is 0 Å². The average Bonchev–Trinajstić information content (AvgIpc) is 2.38. The minimum absolute atomic E-state index is 0.250. The van der Waals surface area contributed by atoms with Crippen LogP contribution >= 0.6 is 0 Å². The van der Waals surface area contributed by atoms with Crippen molar-refractivity contribution in [2.24, 2.45) is 0 Å². The summed E-state index contributed by atoms with van der Waals surface area (Å²) in [6.45, 7) is 0. The second-order valence-electron chi connectivity index (χ2n) is 4.60. The molecule has 4 aromatic rings. The van der Waals surface area contributed by atoms with Crippen molar-refractivity contribution in [2.75, 3.05) is 0 Å². The quantitative estimate of drug-likeness (QED) is 0.451. The van der Waals surface area contributed by atoms with Crippen LogP contribution in [0.1, 0.15) is 0 Å². The Hall–Kier alpha value is -2.48. The van der Waals surface area contributed by atoms with Crippen molar-refractivity contribution in [1.29, 1.82) is 0 Å². The van der Waals surface area contributed by atoms with Crippen LogP contribution < -0.4 is 0 Å². The van der Waals surface area contributed by atoms with E-state index in [1.54, 1.807) is 18.2 Å². The SMILES string of the molecule is Oc1ccc2c(O)cc3cccc4ccc1c2c43. The van der Waals surface area contributed by atoms with Gasteiger partial charge in [0.15, 0.2) is 0 Å². The zero-order valence-electron chi connectivity index (χ0n) is 9.51. The average molecular weight is 234 g/mol. The molecule has 0 bridgehead atoms. The molecule has 0 aliphatic carbocycles. The van der Waals surface area contributed by atoms with Gasteiger partial charge in [-0.2, -0.15) is 0 Å². The maximum atomic E-state index is 10.1. The molecule has 2 nitrogen and oxygen atoms in total. The van der Waals surface area contributed by atoms with Gasteiger partial charge in [-0.15, -0.1) is 0 Å². The van der Waals surface area contributed by atoms with Crippen molar-refractivity contribution in [3.05, 3.63) is 48.5 Å². The predicted octanol–water partition coefficient (Wildman–Crippen LogP) is 4.00. The highest BCUT2D eigenvalue weighted by atomic mass is 16.3. The maximum Gasteiger partial charge on any atom is 0.124 e. The number of phenols is 2. The molecule has 0 saturated heterocycles. The van der Waals surface area contributed by atoms with Crippen molar-refractivity contribution < 1.29 is 10.2 Å². The summed E-state index contributed by atoms with van der Waals surface area (Å²) in [5.41, 5.74) is 0. The summed E-state index contributed by atoms with van der Waals surface area (Å²) in [5.74, 6) is 0.506. The monoisotopic (exact) mass is 234 g/mol. The van der Waals surface area contributed by atoms with E-state index in [-0.39, 0.29) is 11.5 Å². The van der Waals surface area contributed by atoms with Crippen molar-refractivity contribution in [3.63, 3.8) is 0 Å². The molecule has 18 heavy (non-hydrogen) atoms. The van der Waals surface area contributed by atoms with Crippen LogP contribution in [0.4, 0.5) is 0 Å². The summed E-state index contributed by atoms with van der Waals surface area (Å²) >= 11 is 0. The Labute approximate surface area is 103 Å². The van der Waals surface area contributed by atoms with Crippen LogP contribution in [0.3, 0.4) is 0 Å². The van der Waals surface area contributed by atoms with Crippen LogP contribution in [0, 0.1) is 0 Å². The van der Waals surface area contributed by atoms with E-state index in [0.717, 1.165) is 32.3 Å². The molecule has 4 aromatic carbocycles. The van der Waals surface area contributed by atoms with Gasteiger partial charge in [-0.1, -0.05) is 30.3 Å². The fraction of sp³-hybridized carbons (Fsp3) is 0. The largest absolute Gasteiger partial charge is 0.507 e. The van der Waals surface area contributed by atoms with E-state index in [2.05, 4.69) is 0 Å². The van der Waals surface area contributed by atoms with Gasteiger partial charge in [-0.05, 0) is 34.4 Å². The number of benzene rings is 4. The molecule has 86 valence electrons. The summed E-state index contributed by atoms with van der Waals surface area (Å²) < 4.78 is 0. The second-order valence-corrected chi connectivity index (χ2v) is 4.60. The highest BCUT2D eigenvalue weighted by Gasteiger charge is 2.12. The van der Waals surface area contributed by atoms with E-state index in [0.29, 0.717) is 0 Å². The maximum absolute atomic E-state index is 10.1. The van der Waals surface area contributed by atoms with E-state index in [1.165, 1.54) is 0 Å². The van der Waals surface area contributed by atoms with Gasteiger partial charge in [-0.3, -0.25) is 0 Å². The molecule has 4 rings (SSSR count). The molecule has 0 aliphatic heterocycles. The van der Waals surface area contributed by atoms with Crippen LogP contribution in [0.25, 0.3) is 32.3 Å². The van der Waals surface area contributed by atoms with Crippen LogP contribution in [0.15, 0.2) is 48.5 Å². The Morgan fingerprint density at radius 2 is 1.33 bits per heavy atom. The molecular weight excluding hydrogens is 224 g/mol. The third-order valence-electron chi connectivity index (χ3n) is 3.60. The molecule has 0 saturated carbocycles. The van der Waals surface area contributed by atoms with E-state index in [4.69, 9.17) is 0 Å². The van der Waals surface area contributed by atoms with E-state index in [1.807, 2.05) is 30.3 Å². The van der Waals surface area contributed by atoms with Gasteiger partial charge in [0, 0.05) is 16.2 Å². The molecule has 0 amide bonds. The minimum Gasteiger partial charge on any atom is -0.507 e. The lowest BCUT2D eigenvalue weighted by molar-refractivity contribution is 0.480. The van der Waals surface area contributed by atoms with Gasteiger partial charge in [0.2, 0.25) is 0 Å². The topological polar surface area (TPSA) is 40.5 Å². The Kier molecular flexibility index (Phi) is 1.61. The molecule has 0 spiro atoms. The lowest BCUT2D eigenvalue weighted by Gasteiger charge is -2.12. The van der Waals surface area contributed by atoms with Crippen molar-refractivity contribution in [2.45, 2.75) is 0 Å². The van der Waals surface area contributed by atoms with Crippen LogP contribution in [0.2, 0.25) is 0 Å². The summed E-state index contributed by atoms with van der Waals surface area (Å²) in [7, 11) is 0. The van der Waals surface area contributed by atoms with Crippen LogP contribution in [-0.2, 0) is 0 Å². The van der Waals surface area contributed by atoms with Crippen molar-refractivity contribution >= 4 is 32.3 Å². The first kappa shape index (κ1) is 9.54. The van der Waals surface area contributed by atoms with E-state index in [9.17, 15) is 10.2 Å². The fourth-order valence-corrected chi connectivity index (χ4v) is 2.79. The molecule has 0 unspecified atom stereocenters. The Balaban J connectivity index is 2.49. The molecule has 2 N–H and O–H groups in total. The molecule has 0 radical (unpaired) electrons. The number of aromatic hydroxyl groups is 2. The number of rotatable bonds is 0. The first-order valence-corrected chi connectivity index (χ1v) is 5.84. The molecule has 2 heteroatoms. The van der Waals surface area contributed by atoms with Crippen molar-refractivity contribution in [1.82, 2.24) is 0 Å². The Bertz CT molecular complexity index is 888. The highest BCUT2D eigenvalue weighted by Crippen LogP contribution is 2.41. The number of hydrogen-bond donors (Lipinski definition) is 2. The molecule has 0 aromatic heterocycles. The third-order valence-corrected chi connectivity index (χ3v) is 3.60. The zero-order chi connectivity index (χ0) is 12.3. The Morgan fingerprint density at radius 3 is 2.22 bits per heavy atom. The first-order valence-electron chi connectivity index (χ1n) is 5.84. The van der Waals surface area contributed by atoms with Gasteiger partial charge in [-0.25, -0.2) is 0 Å². The number of hydrogen-bond acceptors (Lipinski definition) is 2. The van der Waals surface area contributed by atoms with Gasteiger partial charge < -0.3 is 10.2 Å². The van der Waals surface area contributed by atoms with Crippen LogP contribution in [0.5, 0.6) is 11.5 Å². The predicted molar refractivity (Wildman–Crippen MR) is 73.5 cm³/mol. The highest BCUT2D eigenvalue weighted by molar-refractivity contribution is 6.25. The second kappa shape index (κ2) is 3.05.